The van der Waals surface area contributed by atoms with E-state index in [2.05, 4.69) is 37.0 Å². The second-order valence-electron chi connectivity index (χ2n) is 7.84. The molecule has 8 nitrogen and oxygen atoms in total. The maximum Gasteiger partial charge on any atom is 0.347 e. The number of esters is 1. The summed E-state index contributed by atoms with van der Waals surface area (Å²) in [7, 11) is 1.50. The van der Waals surface area contributed by atoms with Gasteiger partial charge < -0.3 is 14.2 Å². The number of hydrogen-bond donors (Lipinski definition) is 0. The van der Waals surface area contributed by atoms with Gasteiger partial charge in [-0.2, -0.15) is 9.78 Å². The maximum absolute atomic E-state index is 13.4. The Bertz CT molecular complexity index is 1320. The van der Waals surface area contributed by atoms with Gasteiger partial charge >= 0.3 is 5.97 Å². The number of carbonyl (C=O) groups is 1. The summed E-state index contributed by atoms with van der Waals surface area (Å²) >= 11 is 6.88. The quantitative estimate of drug-likeness (QED) is 0.230. The average molecular weight is 609 g/mol. The van der Waals surface area contributed by atoms with E-state index in [9.17, 15) is 9.59 Å². The first kappa shape index (κ1) is 26.9. The minimum Gasteiger partial charge on any atom is -0.493 e. The first-order valence-corrected chi connectivity index (χ1v) is 12.8. The van der Waals surface area contributed by atoms with Crippen LogP contribution in [0.25, 0.3) is 10.9 Å². The lowest BCUT2D eigenvalue weighted by Crippen LogP contribution is -2.27. The van der Waals surface area contributed by atoms with Crippen molar-refractivity contribution in [2.75, 3.05) is 13.7 Å². The van der Waals surface area contributed by atoms with Crippen molar-refractivity contribution in [3.05, 3.63) is 61.0 Å². The maximum atomic E-state index is 13.4. The molecule has 0 aliphatic heterocycles. The van der Waals surface area contributed by atoms with Gasteiger partial charge in [0.15, 0.2) is 17.6 Å². The molecule has 35 heavy (non-hydrogen) atoms. The molecule has 0 unspecified atom stereocenters. The van der Waals surface area contributed by atoms with Gasteiger partial charge in [0, 0.05) is 20.4 Å². The Morgan fingerprint density at radius 2 is 1.91 bits per heavy atom. The Morgan fingerprint density at radius 3 is 2.57 bits per heavy atom. The van der Waals surface area contributed by atoms with Crippen LogP contribution in [-0.2, 0) is 9.53 Å². The number of hydrogen-bond acceptors (Lipinski definition) is 7. The molecule has 0 amide bonds. The fourth-order valence-electron chi connectivity index (χ4n) is 3.35. The van der Waals surface area contributed by atoms with Crippen molar-refractivity contribution in [2.45, 2.75) is 46.1 Å². The zero-order chi connectivity index (χ0) is 25.7. The predicted octanol–water partition coefficient (Wildman–Crippen LogP) is 5.66. The molecule has 0 N–H and O–H groups in total. The molecule has 0 saturated heterocycles. The summed E-state index contributed by atoms with van der Waals surface area (Å²) in [5.74, 6) is 0.735. The van der Waals surface area contributed by atoms with Gasteiger partial charge in [-0.3, -0.25) is 4.79 Å². The molecule has 3 rings (SSSR count). The number of halogens is 2. The molecule has 0 spiro atoms. The van der Waals surface area contributed by atoms with Gasteiger partial charge in [0.1, 0.15) is 5.82 Å². The highest BCUT2D eigenvalue weighted by Crippen LogP contribution is 2.35. The monoisotopic (exact) mass is 607 g/mol. The first-order chi connectivity index (χ1) is 16.7. The molecule has 1 heterocycles. The van der Waals surface area contributed by atoms with Crippen molar-refractivity contribution in [1.29, 1.82) is 0 Å². The third kappa shape index (κ3) is 6.10. The van der Waals surface area contributed by atoms with Crippen molar-refractivity contribution >= 4 is 54.9 Å². The highest BCUT2D eigenvalue weighted by atomic mass is 79.9. The second-order valence-corrected chi connectivity index (χ2v) is 9.67. The number of nitrogens with zero attached hydrogens (tertiary/aromatic N) is 3. The van der Waals surface area contributed by atoms with Gasteiger partial charge in [0.25, 0.3) is 5.56 Å². The van der Waals surface area contributed by atoms with Gasteiger partial charge in [0.2, 0.25) is 0 Å². The lowest BCUT2D eigenvalue weighted by molar-refractivity contribution is -0.150. The van der Waals surface area contributed by atoms with Crippen molar-refractivity contribution in [1.82, 2.24) is 9.66 Å². The smallest absolute Gasteiger partial charge is 0.347 e. The highest BCUT2D eigenvalue weighted by molar-refractivity contribution is 9.10. The minimum absolute atomic E-state index is 0.00972. The van der Waals surface area contributed by atoms with E-state index in [1.54, 1.807) is 32.0 Å². The summed E-state index contributed by atoms with van der Waals surface area (Å²) in [6.07, 6.45) is 1.40. The highest BCUT2D eigenvalue weighted by Gasteiger charge is 2.21. The third-order valence-electron chi connectivity index (χ3n) is 5.38. The normalized spacial score (nSPS) is 13.1. The van der Waals surface area contributed by atoms with E-state index in [-0.39, 0.29) is 18.1 Å². The molecule has 0 radical (unpaired) electrons. The van der Waals surface area contributed by atoms with E-state index >= 15 is 0 Å². The molecular weight excluding hydrogens is 582 g/mol. The van der Waals surface area contributed by atoms with Gasteiger partial charge in [-0.1, -0.05) is 45.7 Å². The predicted molar refractivity (Wildman–Crippen MR) is 143 cm³/mol. The Labute approximate surface area is 220 Å². The van der Waals surface area contributed by atoms with E-state index in [1.165, 1.54) is 18.0 Å². The Kier molecular flexibility index (Phi) is 9.07. The van der Waals surface area contributed by atoms with Gasteiger partial charge in [-0.25, -0.2) is 9.78 Å². The molecule has 2 atom stereocenters. The third-order valence-corrected chi connectivity index (χ3v) is 6.33. The van der Waals surface area contributed by atoms with Crippen LogP contribution in [0, 0.1) is 0 Å². The van der Waals surface area contributed by atoms with E-state index < -0.39 is 12.1 Å². The molecular formula is C25H27Br2N3O5. The molecule has 3 aromatic rings. The van der Waals surface area contributed by atoms with Crippen LogP contribution in [0.15, 0.2) is 49.2 Å². The fraction of sp³-hybridized carbons (Fsp3) is 0.360. The molecule has 0 fully saturated rings. The molecule has 10 heteroatoms. The van der Waals surface area contributed by atoms with E-state index in [0.717, 1.165) is 10.9 Å². The molecule has 2 aromatic carbocycles. The number of ether oxygens (including phenoxy) is 3. The van der Waals surface area contributed by atoms with Gasteiger partial charge in [-0.15, -0.1) is 0 Å². The largest absolute Gasteiger partial charge is 0.493 e. The van der Waals surface area contributed by atoms with Crippen LogP contribution in [0.1, 0.15) is 51.4 Å². The lowest BCUT2D eigenvalue weighted by atomic mass is 10.1. The van der Waals surface area contributed by atoms with Crippen molar-refractivity contribution in [3.8, 4) is 11.5 Å². The zero-order valence-electron chi connectivity index (χ0n) is 20.2. The number of aromatic nitrogens is 2. The number of fused-ring (bicyclic) bond motifs is 1. The topological polar surface area (TPSA) is 92.0 Å². The van der Waals surface area contributed by atoms with Crippen LogP contribution in [-0.4, -0.2) is 41.7 Å². The summed E-state index contributed by atoms with van der Waals surface area (Å²) in [4.78, 5) is 30.3. The van der Waals surface area contributed by atoms with E-state index in [0.29, 0.717) is 38.3 Å². The zero-order valence-corrected chi connectivity index (χ0v) is 23.3. The summed E-state index contributed by atoms with van der Waals surface area (Å²) in [6.45, 7) is 7.59. The van der Waals surface area contributed by atoms with E-state index in [1.807, 2.05) is 26.0 Å². The van der Waals surface area contributed by atoms with Crippen molar-refractivity contribution in [2.24, 2.45) is 5.10 Å². The van der Waals surface area contributed by atoms with Crippen LogP contribution >= 0.6 is 31.9 Å². The summed E-state index contributed by atoms with van der Waals surface area (Å²) < 4.78 is 19.3. The summed E-state index contributed by atoms with van der Waals surface area (Å²) in [5.41, 5.74) is 0.826. The number of rotatable bonds is 9. The van der Waals surface area contributed by atoms with Crippen LogP contribution in [0.2, 0.25) is 0 Å². The summed E-state index contributed by atoms with van der Waals surface area (Å²) in [6, 6.07) is 8.87. The van der Waals surface area contributed by atoms with Crippen LogP contribution in [0.3, 0.4) is 0 Å². The van der Waals surface area contributed by atoms with Crippen LogP contribution in [0.5, 0.6) is 11.5 Å². The lowest BCUT2D eigenvalue weighted by Gasteiger charge is -2.18. The standard InChI is InChI=1S/C25H27Br2N3O5/c1-6-14(3)23-29-20-9-8-17(26)11-19(20)24(31)30(23)28-13-16-10-18(27)12-21(33-5)22(16)35-15(4)25(32)34-7-2/h8-15H,6-7H2,1-5H3/t14-,15+/m1/s1. The molecule has 0 aliphatic carbocycles. The average Bonchev–Trinajstić information content (AvgIpc) is 2.84. The number of methoxy groups -OCH3 is 1. The van der Waals surface area contributed by atoms with Crippen LogP contribution in [0.4, 0.5) is 0 Å². The molecule has 0 bridgehead atoms. The number of carbonyl (C=O) groups excluding carboxylic acids is 1. The molecule has 1 aromatic heterocycles. The van der Waals surface area contributed by atoms with Crippen molar-refractivity contribution in [3.63, 3.8) is 0 Å². The molecule has 186 valence electrons. The van der Waals surface area contributed by atoms with Crippen molar-refractivity contribution < 1.29 is 19.0 Å². The summed E-state index contributed by atoms with van der Waals surface area (Å²) in [5, 5.41) is 4.97. The first-order valence-electron chi connectivity index (χ1n) is 11.2. The minimum atomic E-state index is -0.879. The van der Waals surface area contributed by atoms with Gasteiger partial charge in [0.05, 0.1) is 30.8 Å². The Hall–Kier alpha value is -2.72. The molecule has 0 saturated carbocycles. The van der Waals surface area contributed by atoms with E-state index in [4.69, 9.17) is 19.2 Å². The fourth-order valence-corrected chi connectivity index (χ4v) is 4.16. The van der Waals surface area contributed by atoms with Crippen LogP contribution < -0.4 is 15.0 Å². The second kappa shape index (κ2) is 11.8. The SMILES string of the molecule is CCOC(=O)[C@H](C)Oc1c(C=Nn2c([C@H](C)CC)nc3ccc(Br)cc3c2=O)cc(Br)cc1OC. The van der Waals surface area contributed by atoms with Gasteiger partial charge in [-0.05, 0) is 50.6 Å². The number of benzene rings is 2. The Morgan fingerprint density at radius 1 is 1.17 bits per heavy atom. The Balaban J connectivity index is 2.16. The molecule has 0 aliphatic rings.